The molecule has 2 aromatic rings. The highest BCUT2D eigenvalue weighted by molar-refractivity contribution is 6.06. The van der Waals surface area contributed by atoms with Crippen LogP contribution in [0.5, 0.6) is 5.75 Å². The molecule has 1 aliphatic heterocycles. The standard InChI is InChI=1S/C23H28N2O3/c1-14(2)18-8-6-16(4)13-21(18)28-11-10-25-20-9-7-15(3)12-19(20)22(23(25)27)24-17(5)26/h6-9,12-14,22H,10-11H2,1-5H3,(H,24,26). The fraction of sp³-hybridized carbons (Fsp3) is 0.391. The Morgan fingerprint density at radius 2 is 1.82 bits per heavy atom. The second kappa shape index (κ2) is 8.05. The molecule has 0 saturated carbocycles. The molecule has 28 heavy (non-hydrogen) atoms. The molecule has 2 aromatic carbocycles. The molecule has 1 heterocycles. The summed E-state index contributed by atoms with van der Waals surface area (Å²) in [5, 5.41) is 2.77. The summed E-state index contributed by atoms with van der Waals surface area (Å²) in [4.78, 5) is 26.2. The van der Waals surface area contributed by atoms with Crippen LogP contribution in [0.2, 0.25) is 0 Å². The minimum atomic E-state index is -0.627. The Hall–Kier alpha value is -2.82. The molecule has 0 aromatic heterocycles. The van der Waals surface area contributed by atoms with Gasteiger partial charge in [-0.15, -0.1) is 0 Å². The van der Waals surface area contributed by atoms with Gasteiger partial charge in [0.1, 0.15) is 18.4 Å². The van der Waals surface area contributed by atoms with Crippen LogP contribution in [0.15, 0.2) is 36.4 Å². The summed E-state index contributed by atoms with van der Waals surface area (Å²) in [6, 6.07) is 11.5. The van der Waals surface area contributed by atoms with Crippen molar-refractivity contribution in [2.75, 3.05) is 18.1 Å². The van der Waals surface area contributed by atoms with Gasteiger partial charge in [0.2, 0.25) is 5.91 Å². The van der Waals surface area contributed by atoms with Crippen molar-refractivity contribution in [1.82, 2.24) is 5.32 Å². The molecule has 0 radical (unpaired) electrons. The maximum atomic E-state index is 12.9. The lowest BCUT2D eigenvalue weighted by Crippen LogP contribution is -2.38. The molecule has 0 fully saturated rings. The Morgan fingerprint density at radius 1 is 1.14 bits per heavy atom. The lowest BCUT2D eigenvalue weighted by molar-refractivity contribution is -0.126. The monoisotopic (exact) mass is 380 g/mol. The molecule has 5 heteroatoms. The molecule has 1 N–H and O–H groups in total. The normalized spacial score (nSPS) is 15.7. The molecule has 1 unspecified atom stereocenters. The molecule has 0 spiro atoms. The Morgan fingerprint density at radius 3 is 2.50 bits per heavy atom. The first-order valence-electron chi connectivity index (χ1n) is 9.70. The second-order valence-electron chi connectivity index (χ2n) is 7.73. The van der Waals surface area contributed by atoms with Crippen LogP contribution in [0, 0.1) is 13.8 Å². The van der Waals surface area contributed by atoms with Crippen LogP contribution in [0.4, 0.5) is 5.69 Å². The predicted molar refractivity (Wildman–Crippen MR) is 111 cm³/mol. The SMILES string of the molecule is CC(=O)NC1C(=O)N(CCOc2cc(C)ccc2C(C)C)c2ccc(C)cc21. The minimum absolute atomic E-state index is 0.118. The van der Waals surface area contributed by atoms with E-state index in [2.05, 4.69) is 31.3 Å². The van der Waals surface area contributed by atoms with Crippen molar-refractivity contribution < 1.29 is 14.3 Å². The number of benzene rings is 2. The number of fused-ring (bicyclic) bond motifs is 1. The van der Waals surface area contributed by atoms with Crippen molar-refractivity contribution in [2.45, 2.75) is 46.6 Å². The number of nitrogens with zero attached hydrogens (tertiary/aromatic N) is 1. The summed E-state index contributed by atoms with van der Waals surface area (Å²) >= 11 is 0. The van der Waals surface area contributed by atoms with Gasteiger partial charge in [-0.3, -0.25) is 9.59 Å². The van der Waals surface area contributed by atoms with Crippen molar-refractivity contribution >= 4 is 17.5 Å². The van der Waals surface area contributed by atoms with Crippen molar-refractivity contribution in [3.63, 3.8) is 0 Å². The van der Waals surface area contributed by atoms with Crippen molar-refractivity contribution in [3.05, 3.63) is 58.7 Å². The number of ether oxygens (including phenoxy) is 1. The van der Waals surface area contributed by atoms with Crippen LogP contribution in [-0.4, -0.2) is 25.0 Å². The molecule has 1 aliphatic rings. The molecule has 3 rings (SSSR count). The van der Waals surface area contributed by atoms with Gasteiger partial charge in [-0.05, 0) is 43.0 Å². The Balaban J connectivity index is 1.77. The maximum Gasteiger partial charge on any atom is 0.254 e. The first-order valence-corrected chi connectivity index (χ1v) is 9.70. The summed E-state index contributed by atoms with van der Waals surface area (Å²) in [5.41, 5.74) is 5.04. The Bertz CT molecular complexity index is 905. The fourth-order valence-electron chi connectivity index (χ4n) is 3.62. The first-order chi connectivity index (χ1) is 13.3. The molecule has 5 nitrogen and oxygen atoms in total. The van der Waals surface area contributed by atoms with Gasteiger partial charge in [-0.25, -0.2) is 0 Å². The van der Waals surface area contributed by atoms with Gasteiger partial charge in [-0.1, -0.05) is 43.7 Å². The predicted octanol–water partition coefficient (Wildman–Crippen LogP) is 4.03. The fourth-order valence-corrected chi connectivity index (χ4v) is 3.62. The van der Waals surface area contributed by atoms with E-state index in [0.717, 1.165) is 33.7 Å². The molecule has 148 valence electrons. The van der Waals surface area contributed by atoms with Gasteiger partial charge in [0.05, 0.1) is 6.54 Å². The third-order valence-corrected chi connectivity index (χ3v) is 5.01. The molecular weight excluding hydrogens is 352 g/mol. The number of anilines is 1. The maximum absolute atomic E-state index is 12.9. The van der Waals surface area contributed by atoms with E-state index < -0.39 is 6.04 Å². The second-order valence-corrected chi connectivity index (χ2v) is 7.73. The zero-order valence-corrected chi connectivity index (χ0v) is 17.2. The van der Waals surface area contributed by atoms with E-state index in [4.69, 9.17) is 4.74 Å². The van der Waals surface area contributed by atoms with Gasteiger partial charge in [0.15, 0.2) is 0 Å². The number of hydrogen-bond acceptors (Lipinski definition) is 3. The van der Waals surface area contributed by atoms with Gasteiger partial charge >= 0.3 is 0 Å². The number of hydrogen-bond donors (Lipinski definition) is 1. The molecule has 0 aliphatic carbocycles. The summed E-state index contributed by atoms with van der Waals surface area (Å²) in [6.07, 6.45) is 0. The summed E-state index contributed by atoms with van der Waals surface area (Å²) in [7, 11) is 0. The van der Waals surface area contributed by atoms with Gasteiger partial charge < -0.3 is 15.0 Å². The van der Waals surface area contributed by atoms with Crippen LogP contribution in [0.1, 0.15) is 55.0 Å². The molecule has 0 saturated heterocycles. The molecule has 0 bridgehead atoms. The van der Waals surface area contributed by atoms with E-state index in [9.17, 15) is 9.59 Å². The van der Waals surface area contributed by atoms with Crippen molar-refractivity contribution in [3.8, 4) is 5.75 Å². The Kier molecular flexibility index (Phi) is 5.73. The lowest BCUT2D eigenvalue weighted by Gasteiger charge is -2.20. The molecule has 1 atom stereocenters. The van der Waals surface area contributed by atoms with E-state index in [0.29, 0.717) is 19.1 Å². The quantitative estimate of drug-likeness (QED) is 0.823. The van der Waals surface area contributed by atoms with E-state index >= 15 is 0 Å². The van der Waals surface area contributed by atoms with Crippen LogP contribution in [-0.2, 0) is 9.59 Å². The highest BCUT2D eigenvalue weighted by atomic mass is 16.5. The first kappa shape index (κ1) is 19.9. The number of rotatable bonds is 6. The molecular formula is C23H28N2O3. The minimum Gasteiger partial charge on any atom is -0.491 e. The summed E-state index contributed by atoms with van der Waals surface area (Å²) < 4.78 is 6.06. The number of carbonyl (C=O) groups excluding carboxylic acids is 2. The third kappa shape index (κ3) is 4.03. The molecule has 2 amide bonds. The average molecular weight is 380 g/mol. The van der Waals surface area contributed by atoms with Crippen LogP contribution < -0.4 is 15.0 Å². The number of aryl methyl sites for hydroxylation is 2. The lowest BCUT2D eigenvalue weighted by atomic mass is 10.0. The van der Waals surface area contributed by atoms with Gasteiger partial charge in [0.25, 0.3) is 5.91 Å². The number of nitrogens with one attached hydrogen (secondary N) is 1. The van der Waals surface area contributed by atoms with Crippen LogP contribution in [0.3, 0.4) is 0 Å². The van der Waals surface area contributed by atoms with Gasteiger partial charge in [0, 0.05) is 18.2 Å². The smallest absolute Gasteiger partial charge is 0.254 e. The highest BCUT2D eigenvalue weighted by Crippen LogP contribution is 2.36. The summed E-state index contributed by atoms with van der Waals surface area (Å²) in [5.74, 6) is 0.888. The van der Waals surface area contributed by atoms with Gasteiger partial charge in [-0.2, -0.15) is 0 Å². The average Bonchev–Trinajstić information content (AvgIpc) is 2.86. The topological polar surface area (TPSA) is 58.6 Å². The van der Waals surface area contributed by atoms with E-state index in [-0.39, 0.29) is 11.8 Å². The third-order valence-electron chi connectivity index (χ3n) is 5.01. The van der Waals surface area contributed by atoms with Crippen molar-refractivity contribution in [1.29, 1.82) is 0 Å². The van der Waals surface area contributed by atoms with Crippen molar-refractivity contribution in [2.24, 2.45) is 0 Å². The highest BCUT2D eigenvalue weighted by Gasteiger charge is 2.37. The van der Waals surface area contributed by atoms with Crippen LogP contribution >= 0.6 is 0 Å². The van der Waals surface area contributed by atoms with E-state index in [1.807, 2.05) is 38.1 Å². The Labute approximate surface area is 166 Å². The number of amides is 2. The van der Waals surface area contributed by atoms with E-state index in [1.165, 1.54) is 6.92 Å². The number of carbonyl (C=O) groups is 2. The zero-order valence-electron chi connectivity index (χ0n) is 17.2. The largest absolute Gasteiger partial charge is 0.491 e. The van der Waals surface area contributed by atoms with E-state index in [1.54, 1.807) is 4.90 Å². The van der Waals surface area contributed by atoms with Crippen LogP contribution in [0.25, 0.3) is 0 Å². The zero-order chi connectivity index (χ0) is 20.4. The summed E-state index contributed by atoms with van der Waals surface area (Å²) in [6.45, 7) is 10.5.